The van der Waals surface area contributed by atoms with Gasteiger partial charge in [-0.25, -0.2) is 4.39 Å². The fourth-order valence-electron chi connectivity index (χ4n) is 2.26. The molecule has 126 valence electrons. The van der Waals surface area contributed by atoms with Gasteiger partial charge in [-0.1, -0.05) is 41.9 Å². The van der Waals surface area contributed by atoms with E-state index in [0.29, 0.717) is 18.6 Å². The molecule has 0 saturated carbocycles. The molecule has 2 rings (SSSR count). The van der Waals surface area contributed by atoms with Gasteiger partial charge in [-0.3, -0.25) is 0 Å². The number of hydrogen-bond acceptors (Lipinski definition) is 3. The Hall–Kier alpha value is -1.33. The van der Waals surface area contributed by atoms with Gasteiger partial charge in [0.1, 0.15) is 0 Å². The van der Waals surface area contributed by atoms with Crippen LogP contribution in [0.4, 0.5) is 4.39 Å². The van der Waals surface area contributed by atoms with E-state index in [9.17, 15) is 9.50 Å². The van der Waals surface area contributed by atoms with Gasteiger partial charge in [0.15, 0.2) is 11.6 Å². The molecule has 3 nitrogen and oxygen atoms in total. The van der Waals surface area contributed by atoms with Crippen LogP contribution in [0.3, 0.4) is 0 Å². The normalized spacial score (nSPS) is 13.1. The van der Waals surface area contributed by atoms with Gasteiger partial charge in [0.25, 0.3) is 0 Å². The maximum absolute atomic E-state index is 14.0. The molecule has 6 heteroatoms. The lowest BCUT2D eigenvalue weighted by atomic mass is 9.96. The molecule has 0 aliphatic rings. The van der Waals surface area contributed by atoms with Crippen LogP contribution in [-0.2, 0) is 6.42 Å². The summed E-state index contributed by atoms with van der Waals surface area (Å²) in [6.07, 6.45) is -0.454. The number of aliphatic hydroxyl groups is 1. The smallest absolute Gasteiger partial charge is 0.173 e. The summed E-state index contributed by atoms with van der Waals surface area (Å²) >= 11 is 6.02. The van der Waals surface area contributed by atoms with Crippen LogP contribution in [0.2, 0.25) is 5.02 Å². The van der Waals surface area contributed by atoms with Gasteiger partial charge >= 0.3 is 0 Å². The van der Waals surface area contributed by atoms with Gasteiger partial charge in [0.2, 0.25) is 0 Å². The Morgan fingerprint density at radius 2 is 1.91 bits per heavy atom. The largest absolute Gasteiger partial charge is 0.489 e. The van der Waals surface area contributed by atoms with Crippen molar-refractivity contribution in [2.24, 2.45) is 5.73 Å². The van der Waals surface area contributed by atoms with E-state index in [2.05, 4.69) is 0 Å². The van der Waals surface area contributed by atoms with Gasteiger partial charge in [-0.05, 0) is 30.2 Å². The Kier molecular flexibility index (Phi) is 7.79. The van der Waals surface area contributed by atoms with Crippen molar-refractivity contribution in [1.82, 2.24) is 0 Å². The zero-order valence-corrected chi connectivity index (χ0v) is 14.3. The molecule has 0 amide bonds. The summed E-state index contributed by atoms with van der Waals surface area (Å²) in [5, 5.41) is 10.4. The fraction of sp³-hybridized carbons (Fsp3) is 0.294. The first-order valence-corrected chi connectivity index (χ1v) is 7.50. The zero-order chi connectivity index (χ0) is 16.1. The summed E-state index contributed by atoms with van der Waals surface area (Å²) in [6, 6.07) is 11.6. The Bertz CT molecular complexity index is 602. The van der Waals surface area contributed by atoms with Gasteiger partial charge in [0, 0.05) is 6.42 Å². The van der Waals surface area contributed by atoms with Crippen molar-refractivity contribution >= 4 is 24.0 Å². The molecule has 0 radical (unpaired) electrons. The lowest BCUT2D eigenvalue weighted by Gasteiger charge is -2.20. The summed E-state index contributed by atoms with van der Waals surface area (Å²) in [4.78, 5) is 0. The van der Waals surface area contributed by atoms with E-state index in [1.165, 1.54) is 12.1 Å². The molecule has 0 saturated heterocycles. The predicted molar refractivity (Wildman–Crippen MR) is 92.9 cm³/mol. The van der Waals surface area contributed by atoms with Crippen LogP contribution in [-0.4, -0.2) is 17.8 Å². The average molecular weight is 360 g/mol. The molecule has 0 unspecified atom stereocenters. The zero-order valence-electron chi connectivity index (χ0n) is 12.7. The van der Waals surface area contributed by atoms with Crippen LogP contribution in [0.25, 0.3) is 0 Å². The first-order chi connectivity index (χ1) is 10.5. The number of nitrogens with two attached hydrogens (primary N) is 1. The number of benzene rings is 2. The quantitative estimate of drug-likeness (QED) is 0.822. The van der Waals surface area contributed by atoms with Crippen molar-refractivity contribution in [2.75, 3.05) is 6.61 Å². The van der Waals surface area contributed by atoms with E-state index in [0.717, 1.165) is 5.56 Å². The van der Waals surface area contributed by atoms with Crippen LogP contribution >= 0.6 is 24.0 Å². The van der Waals surface area contributed by atoms with Crippen molar-refractivity contribution in [3.8, 4) is 5.75 Å². The van der Waals surface area contributed by atoms with Crippen molar-refractivity contribution in [2.45, 2.75) is 25.5 Å². The third-order valence-electron chi connectivity index (χ3n) is 3.40. The highest BCUT2D eigenvalue weighted by atomic mass is 35.5. The summed E-state index contributed by atoms with van der Waals surface area (Å²) in [7, 11) is 0. The standard InChI is InChI=1S/C17H19ClFNO2.ClH/c1-2-22-17-13(18)9-12(10-14(17)19)16(20)15(21)8-11-6-4-3-5-7-11;/h3-7,9-10,15-16,21H,2,8,20H2,1H3;1H/t15-,16+;/m0./s1. The first-order valence-electron chi connectivity index (χ1n) is 7.12. The summed E-state index contributed by atoms with van der Waals surface area (Å²) in [5.41, 5.74) is 7.43. The Morgan fingerprint density at radius 3 is 2.48 bits per heavy atom. The van der Waals surface area contributed by atoms with Crippen LogP contribution in [0.5, 0.6) is 5.75 Å². The topological polar surface area (TPSA) is 55.5 Å². The molecular weight excluding hydrogens is 340 g/mol. The molecule has 23 heavy (non-hydrogen) atoms. The Balaban J connectivity index is 0.00000264. The van der Waals surface area contributed by atoms with Crippen LogP contribution < -0.4 is 10.5 Å². The molecule has 3 N–H and O–H groups in total. The van der Waals surface area contributed by atoms with Crippen LogP contribution in [0.1, 0.15) is 24.1 Å². The van der Waals surface area contributed by atoms with E-state index in [4.69, 9.17) is 22.1 Å². The molecule has 0 aromatic heterocycles. The number of halogens is 3. The second-order valence-corrected chi connectivity index (χ2v) is 5.44. The second-order valence-electron chi connectivity index (χ2n) is 5.03. The van der Waals surface area contributed by atoms with Gasteiger partial charge in [0.05, 0.1) is 23.8 Å². The molecule has 0 aliphatic heterocycles. The third-order valence-corrected chi connectivity index (χ3v) is 3.68. The van der Waals surface area contributed by atoms with Gasteiger partial charge in [-0.15, -0.1) is 12.4 Å². The lowest BCUT2D eigenvalue weighted by molar-refractivity contribution is 0.145. The molecule has 2 aromatic carbocycles. The molecule has 0 spiro atoms. The summed E-state index contributed by atoms with van der Waals surface area (Å²) in [6.45, 7) is 2.07. The van der Waals surface area contributed by atoms with Crippen molar-refractivity contribution in [3.05, 3.63) is 64.4 Å². The SMILES string of the molecule is CCOc1c(F)cc([C@@H](N)[C@@H](O)Cc2ccccc2)cc1Cl.Cl. The monoisotopic (exact) mass is 359 g/mol. The van der Waals surface area contributed by atoms with Crippen LogP contribution in [0.15, 0.2) is 42.5 Å². The number of hydrogen-bond donors (Lipinski definition) is 2. The minimum absolute atomic E-state index is 0. The number of rotatable bonds is 6. The van der Waals surface area contributed by atoms with E-state index in [1.54, 1.807) is 6.92 Å². The molecule has 0 aliphatic carbocycles. The van der Waals surface area contributed by atoms with Crippen LogP contribution in [0, 0.1) is 5.82 Å². The van der Waals surface area contributed by atoms with Crippen molar-refractivity contribution in [1.29, 1.82) is 0 Å². The van der Waals surface area contributed by atoms with E-state index >= 15 is 0 Å². The molecule has 0 heterocycles. The average Bonchev–Trinajstić information content (AvgIpc) is 2.51. The maximum atomic E-state index is 14.0. The fourth-order valence-corrected chi connectivity index (χ4v) is 2.53. The molecule has 0 fully saturated rings. The highest BCUT2D eigenvalue weighted by Gasteiger charge is 2.20. The van der Waals surface area contributed by atoms with E-state index in [1.807, 2.05) is 30.3 Å². The lowest BCUT2D eigenvalue weighted by Crippen LogP contribution is -2.28. The highest BCUT2D eigenvalue weighted by molar-refractivity contribution is 6.32. The minimum Gasteiger partial charge on any atom is -0.489 e. The minimum atomic E-state index is -0.837. The number of aliphatic hydroxyl groups excluding tert-OH is 1. The van der Waals surface area contributed by atoms with Gasteiger partial charge < -0.3 is 15.6 Å². The summed E-state index contributed by atoms with van der Waals surface area (Å²) < 4.78 is 19.1. The van der Waals surface area contributed by atoms with E-state index < -0.39 is 18.0 Å². The Labute approximate surface area is 146 Å². The van der Waals surface area contributed by atoms with Crippen molar-refractivity contribution in [3.63, 3.8) is 0 Å². The Morgan fingerprint density at radius 1 is 1.26 bits per heavy atom. The molecule has 2 aromatic rings. The summed E-state index contributed by atoms with van der Waals surface area (Å²) in [5.74, 6) is -0.565. The third kappa shape index (κ3) is 5.08. The predicted octanol–water partition coefficient (Wildman–Crippen LogP) is 3.90. The molecule has 0 bridgehead atoms. The number of ether oxygens (including phenoxy) is 1. The molecular formula is C17H20Cl2FNO2. The van der Waals surface area contributed by atoms with Crippen molar-refractivity contribution < 1.29 is 14.2 Å². The van der Waals surface area contributed by atoms with E-state index in [-0.39, 0.29) is 23.2 Å². The second kappa shape index (κ2) is 9.08. The highest BCUT2D eigenvalue weighted by Crippen LogP contribution is 2.32. The maximum Gasteiger partial charge on any atom is 0.173 e. The molecule has 2 atom stereocenters. The first kappa shape index (κ1) is 19.7. The van der Waals surface area contributed by atoms with Gasteiger partial charge in [-0.2, -0.15) is 0 Å².